The van der Waals surface area contributed by atoms with Gasteiger partial charge < -0.3 is 15.2 Å². The van der Waals surface area contributed by atoms with Crippen molar-refractivity contribution in [1.82, 2.24) is 0 Å². The van der Waals surface area contributed by atoms with Crippen molar-refractivity contribution in [3.8, 4) is 11.5 Å². The maximum absolute atomic E-state index is 6.29. The average molecular weight is 244 g/mol. The number of ether oxygens (including phenoxy) is 2. The molecular formula is C12H18ClNO2. The maximum Gasteiger partial charge on any atom is 0.179 e. The fraction of sp³-hybridized carbons (Fsp3) is 0.500. The average Bonchev–Trinajstić information content (AvgIpc) is 2.29. The third-order valence-electron chi connectivity index (χ3n) is 2.57. The summed E-state index contributed by atoms with van der Waals surface area (Å²) >= 11 is 6.29. The van der Waals surface area contributed by atoms with Crippen molar-refractivity contribution in [2.45, 2.75) is 19.8 Å². The topological polar surface area (TPSA) is 44.5 Å². The van der Waals surface area contributed by atoms with E-state index in [2.05, 4.69) is 6.92 Å². The molecule has 3 nitrogen and oxygen atoms in total. The van der Waals surface area contributed by atoms with Crippen molar-refractivity contribution >= 4 is 11.6 Å². The van der Waals surface area contributed by atoms with Gasteiger partial charge in [-0.15, -0.1) is 0 Å². The Kier molecular flexibility index (Phi) is 4.90. The number of methoxy groups -OCH3 is 2. The molecule has 0 saturated carbocycles. The lowest BCUT2D eigenvalue weighted by Gasteiger charge is -2.16. The molecule has 1 aromatic carbocycles. The lowest BCUT2D eigenvalue weighted by Crippen LogP contribution is -2.07. The molecule has 4 heteroatoms. The largest absolute Gasteiger partial charge is 0.493 e. The van der Waals surface area contributed by atoms with Crippen LogP contribution >= 0.6 is 11.6 Å². The number of halogens is 1. The summed E-state index contributed by atoms with van der Waals surface area (Å²) < 4.78 is 10.5. The highest BCUT2D eigenvalue weighted by atomic mass is 35.5. The zero-order chi connectivity index (χ0) is 12.1. The van der Waals surface area contributed by atoms with Crippen molar-refractivity contribution in [3.05, 3.63) is 22.2 Å². The Morgan fingerprint density at radius 1 is 1.31 bits per heavy atom. The van der Waals surface area contributed by atoms with Gasteiger partial charge in [-0.2, -0.15) is 0 Å². The predicted octanol–water partition coefficient (Wildman–Crippen LogP) is 2.42. The van der Waals surface area contributed by atoms with E-state index >= 15 is 0 Å². The number of hydrogen-bond acceptors (Lipinski definition) is 3. The molecule has 0 spiro atoms. The molecule has 0 aliphatic heterocycles. The zero-order valence-electron chi connectivity index (χ0n) is 9.97. The monoisotopic (exact) mass is 243 g/mol. The van der Waals surface area contributed by atoms with Gasteiger partial charge in [0.15, 0.2) is 11.5 Å². The van der Waals surface area contributed by atoms with Crippen LogP contribution in [0.25, 0.3) is 0 Å². The van der Waals surface area contributed by atoms with Crippen molar-refractivity contribution in [3.63, 3.8) is 0 Å². The molecule has 16 heavy (non-hydrogen) atoms. The molecule has 2 N–H and O–H groups in total. The van der Waals surface area contributed by atoms with Gasteiger partial charge in [0.25, 0.3) is 0 Å². The van der Waals surface area contributed by atoms with Gasteiger partial charge in [-0.3, -0.25) is 0 Å². The van der Waals surface area contributed by atoms with Crippen LogP contribution in [-0.4, -0.2) is 20.8 Å². The van der Waals surface area contributed by atoms with E-state index in [4.69, 9.17) is 26.8 Å². The molecule has 0 atom stereocenters. The van der Waals surface area contributed by atoms with E-state index in [9.17, 15) is 0 Å². The number of hydrogen-bond donors (Lipinski definition) is 1. The van der Waals surface area contributed by atoms with Gasteiger partial charge in [-0.25, -0.2) is 0 Å². The van der Waals surface area contributed by atoms with Crippen LogP contribution in [0.3, 0.4) is 0 Å². The molecule has 0 aliphatic rings. The minimum atomic E-state index is 0.596. The summed E-state index contributed by atoms with van der Waals surface area (Å²) in [5.74, 6) is 1.26. The first kappa shape index (κ1) is 13.1. The summed E-state index contributed by atoms with van der Waals surface area (Å²) in [4.78, 5) is 0. The van der Waals surface area contributed by atoms with Crippen LogP contribution in [0, 0.1) is 0 Å². The molecule has 0 bridgehead atoms. The molecule has 0 aromatic heterocycles. The SMILES string of the molecule is CCc1c(CCN)cc(OC)c(OC)c1Cl. The summed E-state index contributed by atoms with van der Waals surface area (Å²) in [6.07, 6.45) is 1.65. The van der Waals surface area contributed by atoms with Gasteiger partial charge in [0.05, 0.1) is 19.2 Å². The van der Waals surface area contributed by atoms with Gasteiger partial charge in [-0.05, 0) is 36.6 Å². The van der Waals surface area contributed by atoms with E-state index in [0.717, 1.165) is 24.0 Å². The Hall–Kier alpha value is -0.930. The molecule has 0 aliphatic carbocycles. The summed E-state index contributed by atoms with van der Waals surface area (Å²) in [6, 6.07) is 1.95. The minimum absolute atomic E-state index is 0.596. The molecule has 0 radical (unpaired) electrons. The molecule has 0 fully saturated rings. The summed E-state index contributed by atoms with van der Waals surface area (Å²) in [5, 5.41) is 0.632. The fourth-order valence-corrected chi connectivity index (χ4v) is 2.23. The highest BCUT2D eigenvalue weighted by molar-refractivity contribution is 6.33. The van der Waals surface area contributed by atoms with Crippen LogP contribution in [0.15, 0.2) is 6.07 Å². The van der Waals surface area contributed by atoms with E-state index in [1.807, 2.05) is 6.07 Å². The first-order chi connectivity index (χ1) is 7.69. The zero-order valence-corrected chi connectivity index (χ0v) is 10.7. The second-order valence-corrected chi connectivity index (χ2v) is 3.83. The van der Waals surface area contributed by atoms with Crippen molar-refractivity contribution in [1.29, 1.82) is 0 Å². The summed E-state index contributed by atoms with van der Waals surface area (Å²) in [5.41, 5.74) is 7.80. The van der Waals surface area contributed by atoms with Gasteiger partial charge in [0, 0.05) is 0 Å². The quantitative estimate of drug-likeness (QED) is 0.864. The predicted molar refractivity (Wildman–Crippen MR) is 66.7 cm³/mol. The van der Waals surface area contributed by atoms with E-state index in [1.54, 1.807) is 14.2 Å². The van der Waals surface area contributed by atoms with Crippen LogP contribution < -0.4 is 15.2 Å². The first-order valence-corrected chi connectivity index (χ1v) is 5.69. The minimum Gasteiger partial charge on any atom is -0.493 e. The van der Waals surface area contributed by atoms with E-state index in [1.165, 1.54) is 0 Å². The smallest absolute Gasteiger partial charge is 0.179 e. The lowest BCUT2D eigenvalue weighted by molar-refractivity contribution is 0.354. The van der Waals surface area contributed by atoms with Crippen LogP contribution in [-0.2, 0) is 12.8 Å². The lowest BCUT2D eigenvalue weighted by atomic mass is 10.0. The molecule has 90 valence electrons. The fourth-order valence-electron chi connectivity index (χ4n) is 1.80. The number of benzene rings is 1. The Morgan fingerprint density at radius 2 is 2.00 bits per heavy atom. The normalized spacial score (nSPS) is 10.3. The number of rotatable bonds is 5. The second-order valence-electron chi connectivity index (χ2n) is 3.46. The second kappa shape index (κ2) is 5.97. The molecule has 0 unspecified atom stereocenters. The van der Waals surface area contributed by atoms with E-state index in [-0.39, 0.29) is 0 Å². The third-order valence-corrected chi connectivity index (χ3v) is 2.97. The van der Waals surface area contributed by atoms with Crippen LogP contribution in [0.2, 0.25) is 5.02 Å². The van der Waals surface area contributed by atoms with Gasteiger partial charge >= 0.3 is 0 Å². The highest BCUT2D eigenvalue weighted by Crippen LogP contribution is 2.39. The Bertz CT molecular complexity index is 367. The van der Waals surface area contributed by atoms with Gasteiger partial charge in [-0.1, -0.05) is 18.5 Å². The molecule has 0 heterocycles. The Balaban J connectivity index is 3.35. The highest BCUT2D eigenvalue weighted by Gasteiger charge is 2.16. The van der Waals surface area contributed by atoms with Crippen molar-refractivity contribution in [2.75, 3.05) is 20.8 Å². The first-order valence-electron chi connectivity index (χ1n) is 5.31. The van der Waals surface area contributed by atoms with Crippen LogP contribution in [0.4, 0.5) is 0 Å². The standard InChI is InChI=1S/C12H18ClNO2/c1-4-9-8(5-6-14)7-10(15-2)12(16-3)11(9)13/h7H,4-6,14H2,1-3H3. The molecular weight excluding hydrogens is 226 g/mol. The van der Waals surface area contributed by atoms with Crippen molar-refractivity contribution < 1.29 is 9.47 Å². The molecule has 1 aromatic rings. The van der Waals surface area contributed by atoms with E-state index < -0.39 is 0 Å². The van der Waals surface area contributed by atoms with Crippen LogP contribution in [0.5, 0.6) is 11.5 Å². The number of nitrogens with two attached hydrogens (primary N) is 1. The van der Waals surface area contributed by atoms with Gasteiger partial charge in [0.1, 0.15) is 0 Å². The summed E-state index contributed by atoms with van der Waals surface area (Å²) in [6.45, 7) is 2.66. The molecule has 1 rings (SSSR count). The Labute approximate surface area is 101 Å². The van der Waals surface area contributed by atoms with E-state index in [0.29, 0.717) is 23.1 Å². The maximum atomic E-state index is 6.29. The molecule has 0 saturated heterocycles. The van der Waals surface area contributed by atoms with Crippen molar-refractivity contribution in [2.24, 2.45) is 5.73 Å². The Morgan fingerprint density at radius 3 is 2.44 bits per heavy atom. The third kappa shape index (κ3) is 2.42. The van der Waals surface area contributed by atoms with Crippen LogP contribution in [0.1, 0.15) is 18.1 Å². The van der Waals surface area contributed by atoms with Gasteiger partial charge in [0.2, 0.25) is 0 Å². The summed E-state index contributed by atoms with van der Waals surface area (Å²) in [7, 11) is 3.19. The molecule has 0 amide bonds.